The van der Waals surface area contributed by atoms with E-state index < -0.39 is 0 Å². The predicted octanol–water partition coefficient (Wildman–Crippen LogP) is 3.09. The lowest BCUT2D eigenvalue weighted by Crippen LogP contribution is -2.26. The zero-order valence-electron chi connectivity index (χ0n) is 19.7. The van der Waals surface area contributed by atoms with Gasteiger partial charge in [-0.05, 0) is 42.8 Å². The molecule has 0 atom stereocenters. The summed E-state index contributed by atoms with van der Waals surface area (Å²) in [6.07, 6.45) is 4.04. The average molecular weight is 477 g/mol. The monoisotopic (exact) mass is 476 g/mol. The molecule has 182 valence electrons. The Hall–Kier alpha value is -4.34. The maximum atomic E-state index is 12.9. The van der Waals surface area contributed by atoms with Crippen LogP contribution in [-0.4, -0.2) is 37.8 Å². The molecule has 0 spiro atoms. The van der Waals surface area contributed by atoms with Gasteiger partial charge in [0, 0.05) is 31.4 Å². The van der Waals surface area contributed by atoms with Crippen molar-refractivity contribution >= 4 is 34.2 Å². The van der Waals surface area contributed by atoms with Crippen molar-refractivity contribution in [3.63, 3.8) is 0 Å². The highest BCUT2D eigenvalue weighted by atomic mass is 16.5. The lowest BCUT2D eigenvalue weighted by Gasteiger charge is -2.06. The molecule has 0 saturated heterocycles. The van der Waals surface area contributed by atoms with Gasteiger partial charge in [-0.2, -0.15) is 5.10 Å². The van der Waals surface area contributed by atoms with E-state index in [0.29, 0.717) is 23.7 Å². The third-order valence-electron chi connectivity index (χ3n) is 5.53. The van der Waals surface area contributed by atoms with Crippen LogP contribution < -0.4 is 21.1 Å². The van der Waals surface area contributed by atoms with Gasteiger partial charge in [-0.25, -0.2) is 4.79 Å². The summed E-state index contributed by atoms with van der Waals surface area (Å²) >= 11 is 0. The molecule has 0 aliphatic rings. The van der Waals surface area contributed by atoms with E-state index in [9.17, 15) is 14.4 Å². The molecular weight excluding hydrogens is 448 g/mol. The molecule has 0 saturated carbocycles. The highest BCUT2D eigenvalue weighted by molar-refractivity contribution is 5.91. The number of methoxy groups -OCH3 is 1. The van der Waals surface area contributed by atoms with Gasteiger partial charge >= 0.3 is 5.69 Å². The van der Waals surface area contributed by atoms with Crippen LogP contribution in [0.3, 0.4) is 0 Å². The number of carbonyl (C=O) groups is 2. The van der Waals surface area contributed by atoms with Crippen molar-refractivity contribution in [1.29, 1.82) is 0 Å². The zero-order chi connectivity index (χ0) is 24.8. The Morgan fingerprint density at radius 2 is 1.57 bits per heavy atom. The number of aryl methyl sites for hydroxylation is 2. The van der Waals surface area contributed by atoms with Crippen LogP contribution in [0.4, 0.5) is 11.4 Å². The Balaban J connectivity index is 1.33. The lowest BCUT2D eigenvalue weighted by atomic mass is 10.3. The first kappa shape index (κ1) is 23.8. The first-order valence-electron chi connectivity index (χ1n) is 11.4. The summed E-state index contributed by atoms with van der Waals surface area (Å²) < 4.78 is 9.93. The van der Waals surface area contributed by atoms with E-state index in [2.05, 4.69) is 15.7 Å². The largest absolute Gasteiger partial charge is 0.497 e. The van der Waals surface area contributed by atoms with E-state index in [1.807, 2.05) is 31.2 Å². The molecule has 2 heterocycles. The predicted molar refractivity (Wildman–Crippen MR) is 134 cm³/mol. The molecule has 0 bridgehead atoms. The van der Waals surface area contributed by atoms with E-state index >= 15 is 0 Å². The van der Waals surface area contributed by atoms with Gasteiger partial charge in [-0.1, -0.05) is 19.1 Å². The van der Waals surface area contributed by atoms with E-state index in [1.54, 1.807) is 46.7 Å². The Labute approximate surface area is 202 Å². The third-order valence-corrected chi connectivity index (χ3v) is 5.53. The number of para-hydroxylation sites is 2. The minimum absolute atomic E-state index is 0.00573. The second-order valence-corrected chi connectivity index (χ2v) is 8.08. The van der Waals surface area contributed by atoms with Crippen LogP contribution >= 0.6 is 0 Å². The molecule has 0 fully saturated rings. The van der Waals surface area contributed by atoms with Crippen LogP contribution in [0.5, 0.6) is 5.75 Å². The van der Waals surface area contributed by atoms with Gasteiger partial charge in [-0.3, -0.25) is 23.4 Å². The Kier molecular flexibility index (Phi) is 7.30. The fourth-order valence-corrected chi connectivity index (χ4v) is 3.90. The molecule has 4 aromatic rings. The quantitative estimate of drug-likeness (QED) is 0.365. The van der Waals surface area contributed by atoms with Crippen molar-refractivity contribution in [3.8, 4) is 5.75 Å². The summed E-state index contributed by atoms with van der Waals surface area (Å²) in [5.74, 6) is 0.206. The molecule has 10 nitrogen and oxygen atoms in total. The number of benzene rings is 2. The van der Waals surface area contributed by atoms with Crippen molar-refractivity contribution in [2.24, 2.45) is 0 Å². The maximum absolute atomic E-state index is 12.9. The molecule has 4 rings (SSSR count). The highest BCUT2D eigenvalue weighted by Crippen LogP contribution is 2.16. The topological polar surface area (TPSA) is 112 Å². The SMILES string of the molecule is CCCn1c(=O)n(CCC(=O)Nc2cnn(CC(=O)Nc3ccc(OC)cc3)c2)c2ccccc21. The Bertz CT molecular complexity index is 1380. The minimum atomic E-state index is -0.251. The van der Waals surface area contributed by atoms with Gasteiger partial charge in [0.15, 0.2) is 0 Å². The molecule has 2 N–H and O–H groups in total. The van der Waals surface area contributed by atoms with E-state index in [4.69, 9.17) is 4.74 Å². The molecule has 0 radical (unpaired) electrons. The van der Waals surface area contributed by atoms with Crippen molar-refractivity contribution in [1.82, 2.24) is 18.9 Å². The fourth-order valence-electron chi connectivity index (χ4n) is 3.90. The summed E-state index contributed by atoms with van der Waals surface area (Å²) in [7, 11) is 1.58. The van der Waals surface area contributed by atoms with Crippen molar-refractivity contribution in [3.05, 3.63) is 71.4 Å². The van der Waals surface area contributed by atoms with Crippen molar-refractivity contribution in [2.45, 2.75) is 39.4 Å². The number of hydrogen-bond acceptors (Lipinski definition) is 5. The second kappa shape index (κ2) is 10.7. The highest BCUT2D eigenvalue weighted by Gasteiger charge is 2.14. The first-order valence-corrected chi connectivity index (χ1v) is 11.4. The molecule has 0 aliphatic heterocycles. The summed E-state index contributed by atoms with van der Waals surface area (Å²) in [4.78, 5) is 37.7. The number of hydrogen-bond donors (Lipinski definition) is 2. The number of nitrogens with zero attached hydrogens (tertiary/aromatic N) is 4. The van der Waals surface area contributed by atoms with Crippen LogP contribution in [0.1, 0.15) is 19.8 Å². The van der Waals surface area contributed by atoms with Gasteiger partial charge in [0.1, 0.15) is 12.3 Å². The number of imidazole rings is 1. The summed E-state index contributed by atoms with van der Waals surface area (Å²) in [5, 5.41) is 9.70. The summed E-state index contributed by atoms with van der Waals surface area (Å²) in [6, 6.07) is 14.6. The van der Waals surface area contributed by atoms with Crippen molar-refractivity contribution in [2.75, 3.05) is 17.7 Å². The number of nitrogens with one attached hydrogen (secondary N) is 2. The van der Waals surface area contributed by atoms with E-state index in [0.717, 1.165) is 17.5 Å². The number of rotatable bonds is 10. The molecule has 0 unspecified atom stereocenters. The Morgan fingerprint density at radius 3 is 2.23 bits per heavy atom. The van der Waals surface area contributed by atoms with Crippen molar-refractivity contribution < 1.29 is 14.3 Å². The molecule has 2 aromatic heterocycles. The van der Waals surface area contributed by atoms with E-state index in [-0.39, 0.29) is 37.0 Å². The number of carbonyl (C=O) groups excluding carboxylic acids is 2. The lowest BCUT2D eigenvalue weighted by molar-refractivity contribution is -0.117. The van der Waals surface area contributed by atoms with Gasteiger partial charge in [-0.15, -0.1) is 0 Å². The minimum Gasteiger partial charge on any atom is -0.497 e. The third kappa shape index (κ3) is 5.60. The Morgan fingerprint density at radius 1 is 0.914 bits per heavy atom. The summed E-state index contributed by atoms with van der Waals surface area (Å²) in [5.41, 5.74) is 2.69. The zero-order valence-corrected chi connectivity index (χ0v) is 19.7. The maximum Gasteiger partial charge on any atom is 0.329 e. The summed E-state index contributed by atoms with van der Waals surface area (Å²) in [6.45, 7) is 2.91. The molecule has 2 aromatic carbocycles. The number of fused-ring (bicyclic) bond motifs is 1. The fraction of sp³-hybridized carbons (Fsp3) is 0.280. The van der Waals surface area contributed by atoms with Crippen LogP contribution in [0.2, 0.25) is 0 Å². The van der Waals surface area contributed by atoms with Crippen LogP contribution in [-0.2, 0) is 29.2 Å². The van der Waals surface area contributed by atoms with Crippen LogP contribution in [0.25, 0.3) is 11.0 Å². The molecule has 10 heteroatoms. The molecule has 35 heavy (non-hydrogen) atoms. The molecule has 0 aliphatic carbocycles. The number of anilines is 2. The molecular formula is C25H28N6O4. The standard InChI is InChI=1S/C25H28N6O4/c1-3-13-30-21-6-4-5-7-22(21)31(25(30)34)14-12-23(32)28-19-15-26-29(16-19)17-24(33)27-18-8-10-20(35-2)11-9-18/h4-11,15-16H,3,12-14,17H2,1-2H3,(H,27,33)(H,28,32). The van der Waals surface area contributed by atoms with Crippen LogP contribution in [0, 0.1) is 0 Å². The smallest absolute Gasteiger partial charge is 0.329 e. The normalized spacial score (nSPS) is 10.9. The number of amides is 2. The van der Waals surface area contributed by atoms with Crippen LogP contribution in [0.15, 0.2) is 65.7 Å². The van der Waals surface area contributed by atoms with Gasteiger partial charge in [0.2, 0.25) is 11.8 Å². The van der Waals surface area contributed by atoms with E-state index in [1.165, 1.54) is 10.9 Å². The number of ether oxygens (including phenoxy) is 1. The van der Waals surface area contributed by atoms with Gasteiger partial charge in [0.05, 0.1) is 30.0 Å². The average Bonchev–Trinajstić information content (AvgIpc) is 3.40. The molecule has 2 amide bonds. The number of aromatic nitrogens is 4. The van der Waals surface area contributed by atoms with Gasteiger partial charge < -0.3 is 15.4 Å². The first-order chi connectivity index (χ1) is 17.0. The second-order valence-electron chi connectivity index (χ2n) is 8.08. The van der Waals surface area contributed by atoms with Gasteiger partial charge in [0.25, 0.3) is 0 Å².